The number of aryl methyl sites for hydroxylation is 1. The first-order valence-electron chi connectivity index (χ1n) is 6.47. The van der Waals surface area contributed by atoms with Gasteiger partial charge in [0.1, 0.15) is 5.82 Å². The van der Waals surface area contributed by atoms with Crippen LogP contribution in [0.25, 0.3) is 5.57 Å². The standard InChI is InChI=1S/C17H14ClFO2/c18-16-7-2-13(3-8-16)1-4-15(11-21-12-20)14-5-9-17(19)10-6-14/h2-3,5-12H,1,4H2. The van der Waals surface area contributed by atoms with E-state index in [-0.39, 0.29) is 5.82 Å². The van der Waals surface area contributed by atoms with Gasteiger partial charge in [-0.1, -0.05) is 35.9 Å². The van der Waals surface area contributed by atoms with Crippen LogP contribution < -0.4 is 0 Å². The third kappa shape index (κ3) is 4.72. The zero-order valence-electron chi connectivity index (χ0n) is 11.3. The van der Waals surface area contributed by atoms with Crippen molar-refractivity contribution in [1.82, 2.24) is 0 Å². The average Bonchev–Trinajstić information content (AvgIpc) is 2.50. The van der Waals surface area contributed by atoms with Gasteiger partial charge >= 0.3 is 0 Å². The summed E-state index contributed by atoms with van der Waals surface area (Å²) in [6.45, 7) is 0.367. The molecule has 0 N–H and O–H groups in total. The fourth-order valence-electron chi connectivity index (χ4n) is 1.98. The van der Waals surface area contributed by atoms with E-state index in [1.165, 1.54) is 18.4 Å². The van der Waals surface area contributed by atoms with E-state index in [0.29, 0.717) is 17.9 Å². The summed E-state index contributed by atoms with van der Waals surface area (Å²) < 4.78 is 17.7. The number of rotatable bonds is 6. The largest absolute Gasteiger partial charge is 0.436 e. The number of hydrogen-bond donors (Lipinski definition) is 0. The van der Waals surface area contributed by atoms with Gasteiger partial charge < -0.3 is 4.74 Å². The summed E-state index contributed by atoms with van der Waals surface area (Å²) in [6, 6.07) is 13.7. The predicted molar refractivity (Wildman–Crippen MR) is 81.3 cm³/mol. The Bertz CT molecular complexity index is 618. The van der Waals surface area contributed by atoms with Crippen molar-refractivity contribution < 1.29 is 13.9 Å². The van der Waals surface area contributed by atoms with E-state index in [1.54, 1.807) is 12.1 Å². The Hall–Kier alpha value is -2.13. The van der Waals surface area contributed by atoms with Gasteiger partial charge in [-0.2, -0.15) is 0 Å². The van der Waals surface area contributed by atoms with Crippen molar-refractivity contribution >= 4 is 23.6 Å². The minimum Gasteiger partial charge on any atom is -0.436 e. The van der Waals surface area contributed by atoms with Crippen LogP contribution in [0.3, 0.4) is 0 Å². The SMILES string of the molecule is O=COC=C(CCc1ccc(Cl)cc1)c1ccc(F)cc1. The molecule has 0 heterocycles. The van der Waals surface area contributed by atoms with Crippen molar-refractivity contribution in [3.63, 3.8) is 0 Å². The minimum absolute atomic E-state index is 0.299. The van der Waals surface area contributed by atoms with Crippen LogP contribution in [-0.2, 0) is 16.0 Å². The van der Waals surface area contributed by atoms with E-state index in [0.717, 1.165) is 23.1 Å². The number of benzene rings is 2. The minimum atomic E-state index is -0.299. The van der Waals surface area contributed by atoms with Gasteiger partial charge in [0.05, 0.1) is 6.26 Å². The summed E-state index contributed by atoms with van der Waals surface area (Å²) in [5.74, 6) is -0.299. The van der Waals surface area contributed by atoms with Gasteiger partial charge in [-0.3, -0.25) is 4.79 Å². The van der Waals surface area contributed by atoms with Crippen LogP contribution in [0.2, 0.25) is 5.02 Å². The summed E-state index contributed by atoms with van der Waals surface area (Å²) in [5, 5.41) is 0.692. The zero-order valence-corrected chi connectivity index (χ0v) is 12.0. The number of halogens is 2. The molecule has 0 aromatic heterocycles. The van der Waals surface area contributed by atoms with Gasteiger partial charge in [0.25, 0.3) is 6.47 Å². The van der Waals surface area contributed by atoms with Gasteiger partial charge in [-0.15, -0.1) is 0 Å². The summed E-state index contributed by atoms with van der Waals surface area (Å²) in [6.07, 6.45) is 2.83. The van der Waals surface area contributed by atoms with Crippen LogP contribution in [0, 0.1) is 5.82 Å². The Balaban J connectivity index is 2.11. The topological polar surface area (TPSA) is 26.3 Å². The van der Waals surface area contributed by atoms with Crippen LogP contribution in [0.1, 0.15) is 17.5 Å². The lowest BCUT2D eigenvalue weighted by molar-refractivity contribution is -0.123. The van der Waals surface area contributed by atoms with E-state index in [4.69, 9.17) is 16.3 Å². The molecule has 0 spiro atoms. The molecule has 0 amide bonds. The summed E-state index contributed by atoms with van der Waals surface area (Å²) in [7, 11) is 0. The van der Waals surface area contributed by atoms with Crippen molar-refractivity contribution in [2.24, 2.45) is 0 Å². The number of hydrogen-bond acceptors (Lipinski definition) is 2. The molecule has 0 aliphatic carbocycles. The second-order valence-electron chi connectivity index (χ2n) is 4.51. The van der Waals surface area contributed by atoms with Crippen LogP contribution in [0.4, 0.5) is 4.39 Å². The molecule has 108 valence electrons. The number of carbonyl (C=O) groups is 1. The number of ether oxygens (including phenoxy) is 1. The van der Waals surface area contributed by atoms with Gasteiger partial charge in [0.2, 0.25) is 0 Å². The van der Waals surface area contributed by atoms with Crippen molar-refractivity contribution in [1.29, 1.82) is 0 Å². The summed E-state index contributed by atoms with van der Waals surface area (Å²) in [5.41, 5.74) is 2.78. The average molecular weight is 305 g/mol. The highest BCUT2D eigenvalue weighted by Gasteiger charge is 2.04. The maximum absolute atomic E-state index is 13.0. The molecule has 2 aromatic carbocycles. The molecule has 0 atom stereocenters. The third-order valence-electron chi connectivity index (χ3n) is 3.08. The maximum Gasteiger partial charge on any atom is 0.297 e. The lowest BCUT2D eigenvalue weighted by atomic mass is 9.99. The number of carbonyl (C=O) groups excluding carboxylic acids is 1. The van der Waals surface area contributed by atoms with Crippen LogP contribution in [0.5, 0.6) is 0 Å². The second-order valence-corrected chi connectivity index (χ2v) is 4.95. The molecule has 21 heavy (non-hydrogen) atoms. The van der Waals surface area contributed by atoms with Crippen LogP contribution in [0.15, 0.2) is 54.8 Å². The van der Waals surface area contributed by atoms with Gasteiger partial charge in [0.15, 0.2) is 0 Å². The van der Waals surface area contributed by atoms with Crippen LogP contribution in [-0.4, -0.2) is 6.47 Å². The summed E-state index contributed by atoms with van der Waals surface area (Å²) >= 11 is 5.85. The molecule has 0 aliphatic heterocycles. The van der Waals surface area contributed by atoms with E-state index in [1.807, 2.05) is 24.3 Å². The predicted octanol–water partition coefficient (Wildman–Crippen LogP) is 4.63. The highest BCUT2D eigenvalue weighted by Crippen LogP contribution is 2.22. The van der Waals surface area contributed by atoms with Crippen molar-refractivity contribution in [3.05, 3.63) is 76.8 Å². The summed E-state index contributed by atoms with van der Waals surface area (Å²) in [4.78, 5) is 10.4. The Labute approximate surface area is 127 Å². The lowest BCUT2D eigenvalue weighted by Crippen LogP contribution is -1.92. The lowest BCUT2D eigenvalue weighted by Gasteiger charge is -2.08. The smallest absolute Gasteiger partial charge is 0.297 e. The Morgan fingerprint density at radius 3 is 2.38 bits per heavy atom. The molecule has 0 bridgehead atoms. The van der Waals surface area contributed by atoms with Crippen LogP contribution >= 0.6 is 11.6 Å². The first kappa shape index (κ1) is 15.3. The molecular formula is C17H14ClFO2. The van der Waals surface area contributed by atoms with E-state index >= 15 is 0 Å². The van der Waals surface area contributed by atoms with Crippen molar-refractivity contribution in [3.8, 4) is 0 Å². The molecule has 0 saturated carbocycles. The molecular weight excluding hydrogens is 291 g/mol. The molecule has 4 heteroatoms. The highest BCUT2D eigenvalue weighted by molar-refractivity contribution is 6.30. The first-order chi connectivity index (χ1) is 10.2. The molecule has 0 saturated heterocycles. The molecule has 0 unspecified atom stereocenters. The van der Waals surface area contributed by atoms with E-state index in [2.05, 4.69) is 0 Å². The Kier molecular flexibility index (Phi) is 5.52. The van der Waals surface area contributed by atoms with Gasteiger partial charge in [-0.25, -0.2) is 4.39 Å². The second kappa shape index (κ2) is 7.60. The maximum atomic E-state index is 13.0. The third-order valence-corrected chi connectivity index (χ3v) is 3.33. The van der Waals surface area contributed by atoms with E-state index in [9.17, 15) is 9.18 Å². The highest BCUT2D eigenvalue weighted by atomic mass is 35.5. The molecule has 2 aromatic rings. The van der Waals surface area contributed by atoms with Gasteiger partial charge in [-0.05, 0) is 53.8 Å². The first-order valence-corrected chi connectivity index (χ1v) is 6.85. The monoisotopic (exact) mass is 304 g/mol. The Morgan fingerprint density at radius 2 is 1.76 bits per heavy atom. The molecule has 0 aliphatic rings. The van der Waals surface area contributed by atoms with Gasteiger partial charge in [0, 0.05) is 5.02 Å². The number of allylic oxidation sites excluding steroid dienone is 1. The molecule has 2 rings (SSSR count). The normalized spacial score (nSPS) is 11.2. The van der Waals surface area contributed by atoms with Crippen molar-refractivity contribution in [2.45, 2.75) is 12.8 Å². The fraction of sp³-hybridized carbons (Fsp3) is 0.118. The fourth-order valence-corrected chi connectivity index (χ4v) is 2.10. The zero-order chi connectivity index (χ0) is 15.1. The molecule has 0 fully saturated rings. The molecule has 2 nitrogen and oxygen atoms in total. The van der Waals surface area contributed by atoms with E-state index < -0.39 is 0 Å². The molecule has 0 radical (unpaired) electrons. The van der Waals surface area contributed by atoms with Crippen molar-refractivity contribution in [2.75, 3.05) is 0 Å². The quantitative estimate of drug-likeness (QED) is 0.574. The Morgan fingerprint density at radius 1 is 1.10 bits per heavy atom.